The highest BCUT2D eigenvalue weighted by Crippen LogP contribution is 2.49. The van der Waals surface area contributed by atoms with Crippen molar-refractivity contribution in [1.29, 1.82) is 0 Å². The lowest BCUT2D eigenvalue weighted by Gasteiger charge is -2.18. The highest BCUT2D eigenvalue weighted by atomic mass is 79.9. The van der Waals surface area contributed by atoms with Crippen LogP contribution >= 0.6 is 15.9 Å². The van der Waals surface area contributed by atoms with Gasteiger partial charge in [0.1, 0.15) is 11.6 Å². The zero-order chi connectivity index (χ0) is 21.1. The Labute approximate surface area is 171 Å². The maximum absolute atomic E-state index is 14.7. The number of nitrogens with zero attached hydrogens (tertiary/aromatic N) is 2. The molecule has 0 radical (unpaired) electrons. The van der Waals surface area contributed by atoms with Crippen LogP contribution in [0.2, 0.25) is 0 Å². The Morgan fingerprint density at radius 1 is 1.24 bits per heavy atom. The summed E-state index contributed by atoms with van der Waals surface area (Å²) >= 11 is 3.13. The summed E-state index contributed by atoms with van der Waals surface area (Å²) in [6.07, 6.45) is 1.28. The molecule has 4 nitrogen and oxygen atoms in total. The molecule has 0 amide bonds. The summed E-state index contributed by atoms with van der Waals surface area (Å²) in [5, 5.41) is 9.75. The summed E-state index contributed by atoms with van der Waals surface area (Å²) in [4.78, 5) is 16.3. The summed E-state index contributed by atoms with van der Waals surface area (Å²) in [5.74, 6) is -4.93. The number of hydrogen-bond donors (Lipinski definition) is 1. The van der Waals surface area contributed by atoms with E-state index in [-0.39, 0.29) is 27.6 Å². The van der Waals surface area contributed by atoms with Gasteiger partial charge in [-0.1, -0.05) is 0 Å². The van der Waals surface area contributed by atoms with Crippen molar-refractivity contribution in [3.05, 3.63) is 51.5 Å². The van der Waals surface area contributed by atoms with Crippen molar-refractivity contribution in [2.45, 2.75) is 26.3 Å². The quantitative estimate of drug-likeness (QED) is 0.387. The fourth-order valence-corrected chi connectivity index (χ4v) is 4.21. The van der Waals surface area contributed by atoms with Crippen LogP contribution in [-0.2, 0) is 6.54 Å². The van der Waals surface area contributed by atoms with Gasteiger partial charge in [-0.2, -0.15) is 0 Å². The van der Waals surface area contributed by atoms with Crippen molar-refractivity contribution in [2.75, 3.05) is 6.67 Å². The molecule has 1 heterocycles. The van der Waals surface area contributed by atoms with Crippen LogP contribution in [0.3, 0.4) is 0 Å². The SMILES string of the molecule is Cc1nc2cc(Br)c(C(=O)O)c(-c3c(F)ccc(F)c3F)c2n1CC1(CF)CC1. The molecule has 4 rings (SSSR count). The lowest BCUT2D eigenvalue weighted by atomic mass is 9.96. The summed E-state index contributed by atoms with van der Waals surface area (Å²) in [6.45, 7) is 1.25. The Hall–Kier alpha value is -2.42. The molecule has 152 valence electrons. The second kappa shape index (κ2) is 6.83. The average Bonchev–Trinajstić information content (AvgIpc) is 3.36. The number of imidazole rings is 1. The standard InChI is InChI=1S/C20H15BrF4N2O2/c1-9-26-13-6-10(21)14(19(28)29)16(15-11(23)2-3-12(24)17(15)25)18(13)27(9)8-20(7-22)4-5-20/h2-3,6H,4-5,7-8H2,1H3,(H,28,29). The molecule has 1 saturated carbocycles. The fraction of sp³-hybridized carbons (Fsp3) is 0.300. The fourth-order valence-electron chi connectivity index (χ4n) is 3.63. The van der Waals surface area contributed by atoms with E-state index in [1.165, 1.54) is 6.07 Å². The molecule has 0 atom stereocenters. The third kappa shape index (κ3) is 3.11. The van der Waals surface area contributed by atoms with Crippen LogP contribution in [0.1, 0.15) is 29.0 Å². The smallest absolute Gasteiger partial charge is 0.337 e. The molecule has 1 fully saturated rings. The van der Waals surface area contributed by atoms with Gasteiger partial charge in [-0.15, -0.1) is 0 Å². The first-order valence-corrected chi connectivity index (χ1v) is 9.61. The van der Waals surface area contributed by atoms with Gasteiger partial charge < -0.3 is 9.67 Å². The van der Waals surface area contributed by atoms with Crippen molar-refractivity contribution >= 4 is 32.9 Å². The van der Waals surface area contributed by atoms with E-state index in [1.807, 2.05) is 0 Å². The van der Waals surface area contributed by atoms with E-state index in [9.17, 15) is 27.5 Å². The molecule has 2 aromatic carbocycles. The van der Waals surface area contributed by atoms with E-state index in [0.717, 1.165) is 6.07 Å². The monoisotopic (exact) mass is 470 g/mol. The minimum absolute atomic E-state index is 0.0480. The zero-order valence-electron chi connectivity index (χ0n) is 15.2. The molecular formula is C20H15BrF4N2O2. The van der Waals surface area contributed by atoms with Crippen molar-refractivity contribution < 1.29 is 27.5 Å². The minimum Gasteiger partial charge on any atom is -0.478 e. The minimum atomic E-state index is -1.50. The second-order valence-electron chi connectivity index (χ2n) is 7.38. The summed E-state index contributed by atoms with van der Waals surface area (Å²) in [5.41, 5.74) is -1.75. The van der Waals surface area contributed by atoms with Crippen molar-refractivity contribution in [3.8, 4) is 11.1 Å². The first kappa shape index (κ1) is 19.9. The number of rotatable bonds is 5. The van der Waals surface area contributed by atoms with E-state index in [2.05, 4.69) is 20.9 Å². The Bertz CT molecular complexity index is 1170. The molecule has 0 unspecified atom stereocenters. The number of halogens is 5. The molecule has 0 bridgehead atoms. The van der Waals surface area contributed by atoms with Crippen LogP contribution in [0.5, 0.6) is 0 Å². The number of aryl methyl sites for hydroxylation is 1. The topological polar surface area (TPSA) is 55.1 Å². The average molecular weight is 471 g/mol. The number of aromatic carboxylic acids is 1. The molecule has 29 heavy (non-hydrogen) atoms. The van der Waals surface area contributed by atoms with Gasteiger partial charge in [0.05, 0.1) is 28.8 Å². The molecule has 0 aliphatic heterocycles. The normalized spacial score (nSPS) is 15.1. The number of alkyl halides is 1. The third-order valence-electron chi connectivity index (χ3n) is 5.42. The molecule has 0 spiro atoms. The summed E-state index contributed by atoms with van der Waals surface area (Å²) in [7, 11) is 0. The summed E-state index contributed by atoms with van der Waals surface area (Å²) in [6, 6.07) is 2.80. The number of carbonyl (C=O) groups is 1. The first-order valence-electron chi connectivity index (χ1n) is 8.81. The Morgan fingerprint density at radius 2 is 1.90 bits per heavy atom. The van der Waals surface area contributed by atoms with Gasteiger partial charge in [0, 0.05) is 22.0 Å². The van der Waals surface area contributed by atoms with Gasteiger partial charge in [-0.25, -0.2) is 22.9 Å². The number of aromatic nitrogens is 2. The van der Waals surface area contributed by atoms with Gasteiger partial charge in [-0.3, -0.25) is 4.39 Å². The zero-order valence-corrected chi connectivity index (χ0v) is 16.8. The first-order chi connectivity index (χ1) is 13.7. The van der Waals surface area contributed by atoms with Crippen LogP contribution in [0.4, 0.5) is 17.6 Å². The van der Waals surface area contributed by atoms with E-state index in [0.29, 0.717) is 24.7 Å². The number of carboxylic acids is 1. The lowest BCUT2D eigenvalue weighted by molar-refractivity contribution is 0.0697. The highest BCUT2D eigenvalue weighted by Gasteiger charge is 2.44. The van der Waals surface area contributed by atoms with Gasteiger partial charge in [0.15, 0.2) is 11.6 Å². The van der Waals surface area contributed by atoms with E-state index in [4.69, 9.17) is 0 Å². The predicted molar refractivity (Wildman–Crippen MR) is 102 cm³/mol. The molecule has 1 N–H and O–H groups in total. The molecular weight excluding hydrogens is 456 g/mol. The number of fused-ring (bicyclic) bond motifs is 1. The largest absolute Gasteiger partial charge is 0.478 e. The molecule has 1 aromatic heterocycles. The Balaban J connectivity index is 2.15. The van der Waals surface area contributed by atoms with Crippen LogP contribution < -0.4 is 0 Å². The Morgan fingerprint density at radius 3 is 2.48 bits per heavy atom. The Kier molecular flexibility index (Phi) is 4.68. The van der Waals surface area contributed by atoms with E-state index < -0.39 is 46.6 Å². The molecule has 3 aromatic rings. The highest BCUT2D eigenvalue weighted by molar-refractivity contribution is 9.10. The van der Waals surface area contributed by atoms with Gasteiger partial charge >= 0.3 is 5.97 Å². The van der Waals surface area contributed by atoms with Crippen molar-refractivity contribution in [2.24, 2.45) is 5.41 Å². The molecule has 1 aliphatic rings. The lowest BCUT2D eigenvalue weighted by Crippen LogP contribution is -2.16. The summed E-state index contributed by atoms with van der Waals surface area (Å²) < 4.78 is 58.5. The van der Waals surface area contributed by atoms with E-state index >= 15 is 0 Å². The molecule has 9 heteroatoms. The van der Waals surface area contributed by atoms with Crippen LogP contribution in [-0.4, -0.2) is 27.3 Å². The van der Waals surface area contributed by atoms with Crippen LogP contribution in [0.15, 0.2) is 22.7 Å². The van der Waals surface area contributed by atoms with Crippen LogP contribution in [0, 0.1) is 29.8 Å². The van der Waals surface area contributed by atoms with Crippen molar-refractivity contribution in [3.63, 3.8) is 0 Å². The predicted octanol–water partition coefficient (Wildman–Crippen LogP) is 5.64. The van der Waals surface area contributed by atoms with Gasteiger partial charge in [-0.05, 0) is 53.9 Å². The number of benzene rings is 2. The molecule has 1 aliphatic carbocycles. The van der Waals surface area contributed by atoms with E-state index in [1.54, 1.807) is 11.5 Å². The van der Waals surface area contributed by atoms with Crippen molar-refractivity contribution in [1.82, 2.24) is 9.55 Å². The maximum atomic E-state index is 14.7. The van der Waals surface area contributed by atoms with Gasteiger partial charge in [0.25, 0.3) is 0 Å². The maximum Gasteiger partial charge on any atom is 0.337 e. The van der Waals surface area contributed by atoms with Crippen LogP contribution in [0.25, 0.3) is 22.2 Å². The van der Waals surface area contributed by atoms with Gasteiger partial charge in [0.2, 0.25) is 0 Å². The second-order valence-corrected chi connectivity index (χ2v) is 8.23. The number of carboxylic acid groups (broad SMARTS) is 1. The molecule has 0 saturated heterocycles. The number of hydrogen-bond acceptors (Lipinski definition) is 2. The third-order valence-corrected chi connectivity index (χ3v) is 6.04.